The molecule has 5 rings (SSSR count). The molecular weight excluding hydrogens is 614 g/mol. The molecule has 0 saturated heterocycles. The summed E-state index contributed by atoms with van der Waals surface area (Å²) in [5.74, 6) is 1.73. The molecule has 0 aliphatic carbocycles. The molecule has 0 spiro atoms. The smallest absolute Gasteiger partial charge is 0.249 e. The zero-order valence-corrected chi connectivity index (χ0v) is 26.1. The van der Waals surface area contributed by atoms with Gasteiger partial charge in [0.2, 0.25) is 11.7 Å². The fourth-order valence-corrected chi connectivity index (χ4v) is 6.57. The minimum atomic E-state index is -0.281. The van der Waals surface area contributed by atoms with E-state index in [0.717, 1.165) is 14.6 Å². The van der Waals surface area contributed by atoms with Gasteiger partial charge in [0.05, 0.1) is 56.6 Å². The molecule has 0 radical (unpaired) electrons. The van der Waals surface area contributed by atoms with Gasteiger partial charge in [0.1, 0.15) is 6.54 Å². The molecule has 14 heteroatoms. The summed E-state index contributed by atoms with van der Waals surface area (Å²) in [7, 11) is 6.00. The van der Waals surface area contributed by atoms with Crippen LogP contribution in [0.2, 0.25) is 5.02 Å². The van der Waals surface area contributed by atoms with Crippen LogP contribution in [0.15, 0.2) is 59.1 Å². The van der Waals surface area contributed by atoms with E-state index in [4.69, 9.17) is 30.5 Å². The van der Waals surface area contributed by atoms with Crippen molar-refractivity contribution in [3.05, 3.63) is 71.0 Å². The number of phenolic OH excluding ortho intramolecular Hbond substituents is 1. The topological polar surface area (TPSA) is 121 Å². The first-order valence-electron chi connectivity index (χ1n) is 12.9. The SMILES string of the molecule is COc1ccc(CN(C(=O)Cn2cc(CSc3nc4ccc(Cl)cc4s3)nn2)c2cc(OC)c(OC)c(OC)c2)cc1O. The van der Waals surface area contributed by atoms with E-state index in [0.29, 0.717) is 50.7 Å². The van der Waals surface area contributed by atoms with E-state index < -0.39 is 0 Å². The number of carbonyl (C=O) groups excluding carboxylic acids is 1. The molecule has 1 amide bonds. The summed E-state index contributed by atoms with van der Waals surface area (Å²) in [6, 6.07) is 14.0. The Morgan fingerprint density at radius 3 is 2.42 bits per heavy atom. The van der Waals surface area contributed by atoms with E-state index in [9.17, 15) is 9.90 Å². The van der Waals surface area contributed by atoms with Crippen molar-refractivity contribution >= 4 is 56.5 Å². The Hall–Kier alpha value is -4.20. The Labute approximate surface area is 260 Å². The number of aromatic nitrogens is 4. The average Bonchev–Trinajstić information content (AvgIpc) is 3.63. The monoisotopic (exact) mass is 641 g/mol. The Balaban J connectivity index is 1.37. The number of methoxy groups -OCH3 is 4. The van der Waals surface area contributed by atoms with Gasteiger partial charge in [-0.1, -0.05) is 34.6 Å². The highest BCUT2D eigenvalue weighted by Gasteiger charge is 2.23. The number of aromatic hydroxyl groups is 1. The Morgan fingerprint density at radius 2 is 1.74 bits per heavy atom. The second kappa shape index (κ2) is 13.4. The summed E-state index contributed by atoms with van der Waals surface area (Å²) in [6.07, 6.45) is 1.74. The fraction of sp³-hybridized carbons (Fsp3) is 0.241. The lowest BCUT2D eigenvalue weighted by atomic mass is 10.1. The minimum Gasteiger partial charge on any atom is -0.504 e. The second-order valence-corrected chi connectivity index (χ2v) is 11.8. The van der Waals surface area contributed by atoms with Gasteiger partial charge in [-0.3, -0.25) is 4.79 Å². The molecule has 0 unspecified atom stereocenters. The van der Waals surface area contributed by atoms with Gasteiger partial charge in [0.15, 0.2) is 27.3 Å². The average molecular weight is 642 g/mol. The summed E-state index contributed by atoms with van der Waals surface area (Å²) in [6.45, 7) is 0.0458. The van der Waals surface area contributed by atoms with Gasteiger partial charge >= 0.3 is 0 Å². The second-order valence-electron chi connectivity index (χ2n) is 9.16. The third-order valence-corrected chi connectivity index (χ3v) is 8.83. The van der Waals surface area contributed by atoms with Crippen LogP contribution in [0.1, 0.15) is 11.3 Å². The van der Waals surface area contributed by atoms with E-state index in [-0.39, 0.29) is 24.7 Å². The number of carbonyl (C=O) groups is 1. The number of fused-ring (bicyclic) bond motifs is 1. The van der Waals surface area contributed by atoms with Gasteiger partial charge in [0, 0.05) is 29.1 Å². The highest BCUT2D eigenvalue weighted by atomic mass is 35.5. The van der Waals surface area contributed by atoms with Gasteiger partial charge in [-0.25, -0.2) is 9.67 Å². The number of thioether (sulfide) groups is 1. The lowest BCUT2D eigenvalue weighted by Gasteiger charge is -2.25. The summed E-state index contributed by atoms with van der Waals surface area (Å²) in [4.78, 5) is 20.0. The van der Waals surface area contributed by atoms with Gasteiger partial charge in [0.25, 0.3) is 0 Å². The summed E-state index contributed by atoms with van der Waals surface area (Å²) in [5.41, 5.74) is 2.77. The van der Waals surface area contributed by atoms with Crippen LogP contribution >= 0.6 is 34.7 Å². The molecule has 11 nitrogen and oxygen atoms in total. The fourth-order valence-electron chi connectivity index (χ4n) is 4.34. The Morgan fingerprint density at radius 1 is 1.00 bits per heavy atom. The number of halogens is 1. The maximum Gasteiger partial charge on any atom is 0.249 e. The van der Waals surface area contributed by atoms with Crippen molar-refractivity contribution in [1.29, 1.82) is 0 Å². The predicted octanol–water partition coefficient (Wildman–Crippen LogP) is 5.81. The molecule has 224 valence electrons. The third kappa shape index (κ3) is 6.90. The molecule has 0 atom stereocenters. The van der Waals surface area contributed by atoms with Crippen molar-refractivity contribution in [3.8, 4) is 28.7 Å². The molecule has 5 aromatic rings. The Bertz CT molecular complexity index is 1740. The zero-order chi connectivity index (χ0) is 30.5. The lowest BCUT2D eigenvalue weighted by molar-refractivity contribution is -0.119. The molecule has 2 heterocycles. The van der Waals surface area contributed by atoms with E-state index in [1.165, 1.54) is 44.9 Å². The first-order chi connectivity index (χ1) is 20.8. The highest BCUT2D eigenvalue weighted by molar-refractivity contribution is 8.00. The first-order valence-corrected chi connectivity index (χ1v) is 15.0. The third-order valence-electron chi connectivity index (χ3n) is 6.40. The molecule has 0 aliphatic heterocycles. The van der Waals surface area contributed by atoms with Crippen LogP contribution in [0.5, 0.6) is 28.7 Å². The quantitative estimate of drug-likeness (QED) is 0.167. The zero-order valence-electron chi connectivity index (χ0n) is 23.7. The molecule has 0 aliphatic rings. The maximum absolute atomic E-state index is 13.8. The van der Waals surface area contributed by atoms with Gasteiger partial charge in [-0.2, -0.15) is 0 Å². The van der Waals surface area contributed by atoms with Crippen molar-refractivity contribution in [3.63, 3.8) is 0 Å². The predicted molar refractivity (Wildman–Crippen MR) is 166 cm³/mol. The number of hydrogen-bond acceptors (Lipinski definition) is 11. The summed E-state index contributed by atoms with van der Waals surface area (Å²) in [5, 5.41) is 19.5. The molecule has 2 aromatic heterocycles. The minimum absolute atomic E-state index is 0.0352. The number of benzene rings is 3. The first kappa shape index (κ1) is 30.3. The largest absolute Gasteiger partial charge is 0.504 e. The number of ether oxygens (including phenoxy) is 4. The van der Waals surface area contributed by atoms with E-state index in [1.54, 1.807) is 52.8 Å². The number of anilines is 1. The van der Waals surface area contributed by atoms with Crippen LogP contribution in [0.25, 0.3) is 10.2 Å². The summed E-state index contributed by atoms with van der Waals surface area (Å²) < 4.78 is 25.1. The van der Waals surface area contributed by atoms with E-state index in [2.05, 4.69) is 15.3 Å². The van der Waals surface area contributed by atoms with Gasteiger partial charge in [-0.15, -0.1) is 16.4 Å². The van der Waals surface area contributed by atoms with Crippen LogP contribution in [0, 0.1) is 0 Å². The number of rotatable bonds is 12. The van der Waals surface area contributed by atoms with Crippen molar-refractivity contribution < 1.29 is 28.8 Å². The van der Waals surface area contributed by atoms with Crippen LogP contribution in [-0.2, 0) is 23.6 Å². The number of nitrogens with zero attached hydrogens (tertiary/aromatic N) is 5. The van der Waals surface area contributed by atoms with Crippen LogP contribution < -0.4 is 23.8 Å². The number of thiazole rings is 1. The lowest BCUT2D eigenvalue weighted by Crippen LogP contribution is -2.33. The molecule has 0 fully saturated rings. The standard InChI is InChI=1S/C29H28ClN5O6S2/c1-38-23-8-5-17(9-22(23)36)13-35(20-11-24(39-2)28(41-4)25(12-20)40-3)27(37)15-34-14-19(32-33-34)16-42-29-31-21-7-6-18(30)10-26(21)43-29/h5-12,14,36H,13,15-16H2,1-4H3. The molecular formula is C29H28ClN5O6S2. The van der Waals surface area contributed by atoms with E-state index >= 15 is 0 Å². The molecule has 43 heavy (non-hydrogen) atoms. The van der Waals surface area contributed by atoms with Crippen molar-refractivity contribution in [2.75, 3.05) is 33.3 Å². The normalized spacial score (nSPS) is 11.0. The van der Waals surface area contributed by atoms with Crippen LogP contribution in [0.4, 0.5) is 5.69 Å². The van der Waals surface area contributed by atoms with E-state index in [1.807, 2.05) is 18.2 Å². The van der Waals surface area contributed by atoms with Gasteiger partial charge in [-0.05, 0) is 35.9 Å². The van der Waals surface area contributed by atoms with Crippen LogP contribution in [0.3, 0.4) is 0 Å². The molecule has 3 aromatic carbocycles. The Kier molecular flexibility index (Phi) is 9.43. The van der Waals surface area contributed by atoms with Crippen LogP contribution in [-0.4, -0.2) is 59.4 Å². The number of hydrogen-bond donors (Lipinski definition) is 1. The molecule has 0 bridgehead atoms. The van der Waals surface area contributed by atoms with Crippen molar-refractivity contribution in [1.82, 2.24) is 20.0 Å². The number of phenols is 1. The van der Waals surface area contributed by atoms with Crippen molar-refractivity contribution in [2.45, 2.75) is 23.2 Å². The van der Waals surface area contributed by atoms with Gasteiger partial charge < -0.3 is 29.0 Å². The molecule has 0 saturated carbocycles. The summed E-state index contributed by atoms with van der Waals surface area (Å²) >= 11 is 9.20. The maximum atomic E-state index is 13.8. The molecule has 1 N–H and O–H groups in total. The highest BCUT2D eigenvalue weighted by Crippen LogP contribution is 2.41. The van der Waals surface area contributed by atoms with Crippen molar-refractivity contribution in [2.24, 2.45) is 0 Å². The number of amides is 1.